The monoisotopic (exact) mass is 301 g/mol. The van der Waals surface area contributed by atoms with Crippen molar-refractivity contribution in [2.75, 3.05) is 6.54 Å². The molecule has 2 atom stereocenters. The molecule has 0 aliphatic carbocycles. The van der Waals surface area contributed by atoms with Crippen molar-refractivity contribution in [3.8, 4) is 0 Å². The lowest BCUT2D eigenvalue weighted by Gasteiger charge is -2.18. The molecule has 21 heavy (non-hydrogen) atoms. The molecule has 0 saturated heterocycles. The topological polar surface area (TPSA) is 45.4 Å². The zero-order valence-electron chi connectivity index (χ0n) is 11.9. The van der Waals surface area contributed by atoms with E-state index in [0.29, 0.717) is 5.76 Å². The molecule has 1 aromatic heterocycles. The van der Waals surface area contributed by atoms with Gasteiger partial charge in [-0.15, -0.1) is 0 Å². The number of halogens is 3. The van der Waals surface area contributed by atoms with E-state index in [1.165, 1.54) is 0 Å². The highest BCUT2D eigenvalue weighted by atomic mass is 19.4. The summed E-state index contributed by atoms with van der Waals surface area (Å²) < 4.78 is 42.6. The maximum Gasteiger partial charge on any atom is 0.415 e. The van der Waals surface area contributed by atoms with Crippen LogP contribution in [-0.4, -0.2) is 23.9 Å². The number of aliphatic hydroxyl groups is 1. The zero-order valence-corrected chi connectivity index (χ0v) is 11.9. The third-order valence-corrected chi connectivity index (χ3v) is 3.47. The Morgan fingerprint density at radius 3 is 2.57 bits per heavy atom. The number of rotatable bonds is 5. The van der Waals surface area contributed by atoms with Gasteiger partial charge < -0.3 is 14.8 Å². The molecule has 3 nitrogen and oxygen atoms in total. The van der Waals surface area contributed by atoms with Gasteiger partial charge in [0, 0.05) is 17.5 Å². The fourth-order valence-corrected chi connectivity index (χ4v) is 2.33. The van der Waals surface area contributed by atoms with Crippen molar-refractivity contribution in [2.24, 2.45) is 0 Å². The smallest absolute Gasteiger partial charge is 0.415 e. The van der Waals surface area contributed by atoms with Gasteiger partial charge in [-0.3, -0.25) is 0 Å². The van der Waals surface area contributed by atoms with Crippen LogP contribution in [0.3, 0.4) is 0 Å². The number of hydrogen-bond acceptors (Lipinski definition) is 3. The predicted octanol–water partition coefficient (Wildman–Crippen LogP) is 3.57. The van der Waals surface area contributed by atoms with E-state index in [0.717, 1.165) is 23.0 Å². The molecule has 2 N–H and O–H groups in total. The van der Waals surface area contributed by atoms with Gasteiger partial charge in [0.05, 0.1) is 6.04 Å². The average Bonchev–Trinajstić information content (AvgIpc) is 2.81. The lowest BCUT2D eigenvalue weighted by atomic mass is 10.0. The van der Waals surface area contributed by atoms with E-state index in [-0.39, 0.29) is 0 Å². The summed E-state index contributed by atoms with van der Waals surface area (Å²) in [5.41, 5.74) is 1.70. The van der Waals surface area contributed by atoms with Crippen LogP contribution in [0.1, 0.15) is 31.2 Å². The number of alkyl halides is 3. The van der Waals surface area contributed by atoms with Crippen LogP contribution in [0.15, 0.2) is 28.7 Å². The van der Waals surface area contributed by atoms with Crippen molar-refractivity contribution in [2.45, 2.75) is 38.6 Å². The molecule has 1 aromatic carbocycles. The summed E-state index contributed by atoms with van der Waals surface area (Å²) in [4.78, 5) is 0. The number of furan rings is 1. The first-order valence-electron chi connectivity index (χ1n) is 6.83. The van der Waals surface area contributed by atoms with E-state index < -0.39 is 24.9 Å². The van der Waals surface area contributed by atoms with Gasteiger partial charge in [-0.1, -0.05) is 25.1 Å². The molecule has 2 unspecified atom stereocenters. The summed E-state index contributed by atoms with van der Waals surface area (Å²) in [7, 11) is 0. The lowest BCUT2D eigenvalue weighted by molar-refractivity contribution is -0.202. The van der Waals surface area contributed by atoms with Gasteiger partial charge in [-0.2, -0.15) is 13.2 Å². The SMILES string of the molecule is CCc1c(C(C)NCC(O)C(F)(F)F)oc2ccccc12. The van der Waals surface area contributed by atoms with Gasteiger partial charge in [0.25, 0.3) is 0 Å². The molecule has 1 heterocycles. The van der Waals surface area contributed by atoms with Crippen LogP contribution in [0.4, 0.5) is 13.2 Å². The van der Waals surface area contributed by atoms with Gasteiger partial charge in [-0.05, 0) is 19.4 Å². The molecule has 0 bridgehead atoms. The molecule has 0 fully saturated rings. The van der Waals surface area contributed by atoms with E-state index in [4.69, 9.17) is 9.52 Å². The summed E-state index contributed by atoms with van der Waals surface area (Å²) in [6, 6.07) is 7.09. The maximum atomic E-state index is 12.3. The van der Waals surface area contributed by atoms with Crippen molar-refractivity contribution in [1.29, 1.82) is 0 Å². The van der Waals surface area contributed by atoms with E-state index in [2.05, 4.69) is 5.32 Å². The molecule has 0 aliphatic heterocycles. The minimum atomic E-state index is -4.62. The van der Waals surface area contributed by atoms with E-state index >= 15 is 0 Å². The molecule has 0 saturated carbocycles. The molecule has 2 rings (SSSR count). The van der Waals surface area contributed by atoms with Crippen molar-refractivity contribution in [1.82, 2.24) is 5.32 Å². The van der Waals surface area contributed by atoms with Gasteiger partial charge in [0.2, 0.25) is 0 Å². The van der Waals surface area contributed by atoms with Crippen LogP contribution in [0.25, 0.3) is 11.0 Å². The van der Waals surface area contributed by atoms with Gasteiger partial charge in [0.1, 0.15) is 11.3 Å². The van der Waals surface area contributed by atoms with E-state index in [1.54, 1.807) is 6.92 Å². The van der Waals surface area contributed by atoms with Crippen LogP contribution in [-0.2, 0) is 6.42 Å². The summed E-state index contributed by atoms with van der Waals surface area (Å²) >= 11 is 0. The standard InChI is InChI=1S/C15H18F3NO2/c1-3-10-11-6-4-5-7-12(11)21-14(10)9(2)19-8-13(20)15(16,17)18/h4-7,9,13,19-20H,3,8H2,1-2H3. The first kappa shape index (κ1) is 15.9. The highest BCUT2D eigenvalue weighted by Crippen LogP contribution is 2.30. The van der Waals surface area contributed by atoms with Crippen LogP contribution in [0.2, 0.25) is 0 Å². The van der Waals surface area contributed by atoms with E-state index in [9.17, 15) is 13.2 Å². The van der Waals surface area contributed by atoms with Gasteiger partial charge in [0.15, 0.2) is 6.10 Å². The number of fused-ring (bicyclic) bond motifs is 1. The highest BCUT2D eigenvalue weighted by molar-refractivity contribution is 5.82. The fraction of sp³-hybridized carbons (Fsp3) is 0.467. The highest BCUT2D eigenvalue weighted by Gasteiger charge is 2.38. The summed E-state index contributed by atoms with van der Waals surface area (Å²) in [5.74, 6) is 0.619. The second-order valence-corrected chi connectivity index (χ2v) is 4.98. The molecule has 0 aliphatic rings. The minimum absolute atomic E-state index is 0.413. The third kappa shape index (κ3) is 3.39. The first-order chi connectivity index (χ1) is 9.84. The van der Waals surface area contributed by atoms with Crippen LogP contribution < -0.4 is 5.32 Å². The van der Waals surface area contributed by atoms with E-state index in [1.807, 2.05) is 31.2 Å². The summed E-state index contributed by atoms with van der Waals surface area (Å²) in [6.45, 7) is 3.13. The molecule has 0 radical (unpaired) electrons. The average molecular weight is 301 g/mol. The molecule has 0 amide bonds. The Labute approximate surface area is 120 Å². The minimum Gasteiger partial charge on any atom is -0.459 e. The summed E-state index contributed by atoms with van der Waals surface area (Å²) in [6.07, 6.45) is -6.27. The zero-order chi connectivity index (χ0) is 15.6. The van der Waals surface area contributed by atoms with Crippen LogP contribution in [0, 0.1) is 0 Å². The Kier molecular flexibility index (Phi) is 4.58. The molecule has 2 aromatic rings. The molecule has 6 heteroatoms. The molecule has 0 spiro atoms. The van der Waals surface area contributed by atoms with Crippen LogP contribution >= 0.6 is 0 Å². The Bertz CT molecular complexity index is 606. The van der Waals surface area contributed by atoms with Crippen LogP contribution in [0.5, 0.6) is 0 Å². The number of nitrogens with one attached hydrogen (secondary N) is 1. The Morgan fingerprint density at radius 1 is 1.29 bits per heavy atom. The number of benzene rings is 1. The first-order valence-corrected chi connectivity index (χ1v) is 6.83. The summed E-state index contributed by atoms with van der Waals surface area (Å²) in [5, 5.41) is 12.7. The Balaban J connectivity index is 2.18. The molecule has 116 valence electrons. The second-order valence-electron chi connectivity index (χ2n) is 4.98. The van der Waals surface area contributed by atoms with Crippen molar-refractivity contribution in [3.63, 3.8) is 0 Å². The lowest BCUT2D eigenvalue weighted by Crippen LogP contribution is -2.39. The van der Waals surface area contributed by atoms with Gasteiger partial charge >= 0.3 is 6.18 Å². The second kappa shape index (κ2) is 6.07. The molecular weight excluding hydrogens is 283 g/mol. The number of aryl methyl sites for hydroxylation is 1. The third-order valence-electron chi connectivity index (χ3n) is 3.47. The van der Waals surface area contributed by atoms with Crippen molar-refractivity contribution < 1.29 is 22.7 Å². The Morgan fingerprint density at radius 2 is 1.95 bits per heavy atom. The Hall–Kier alpha value is -1.53. The maximum absolute atomic E-state index is 12.3. The normalized spacial score (nSPS) is 15.3. The number of hydrogen-bond donors (Lipinski definition) is 2. The largest absolute Gasteiger partial charge is 0.459 e. The van der Waals surface area contributed by atoms with Gasteiger partial charge in [-0.25, -0.2) is 0 Å². The van der Waals surface area contributed by atoms with Crippen molar-refractivity contribution in [3.05, 3.63) is 35.6 Å². The van der Waals surface area contributed by atoms with Crippen molar-refractivity contribution >= 4 is 11.0 Å². The fourth-order valence-electron chi connectivity index (χ4n) is 2.33. The molecular formula is C15H18F3NO2. The number of aliphatic hydroxyl groups excluding tert-OH is 1. The quantitative estimate of drug-likeness (QED) is 0.887. The number of para-hydroxylation sites is 1. The predicted molar refractivity (Wildman–Crippen MR) is 74.1 cm³/mol.